The second kappa shape index (κ2) is 9.78. The van der Waals surface area contributed by atoms with E-state index in [9.17, 15) is 9.18 Å². The zero-order chi connectivity index (χ0) is 21.5. The van der Waals surface area contributed by atoms with Crippen LogP contribution in [0.5, 0.6) is 17.2 Å². The highest BCUT2D eigenvalue weighted by Gasteiger charge is 2.18. The smallest absolute Gasteiger partial charge is 0.257 e. The van der Waals surface area contributed by atoms with Gasteiger partial charge >= 0.3 is 0 Å². The highest BCUT2D eigenvalue weighted by atomic mass is 19.1. The Morgan fingerprint density at radius 2 is 1.67 bits per heavy atom. The molecule has 156 valence electrons. The molecule has 0 radical (unpaired) electrons. The molecule has 0 aliphatic rings. The van der Waals surface area contributed by atoms with Gasteiger partial charge in [-0.2, -0.15) is 0 Å². The number of benzene rings is 3. The molecule has 0 aliphatic heterocycles. The van der Waals surface area contributed by atoms with E-state index in [4.69, 9.17) is 14.2 Å². The molecule has 0 N–H and O–H groups in total. The van der Waals surface area contributed by atoms with Crippen LogP contribution in [0.3, 0.4) is 0 Å². The average Bonchev–Trinajstić information content (AvgIpc) is 2.78. The molecule has 5 nitrogen and oxygen atoms in total. The van der Waals surface area contributed by atoms with Crippen molar-refractivity contribution < 1.29 is 23.4 Å². The molecule has 0 bridgehead atoms. The lowest BCUT2D eigenvalue weighted by molar-refractivity contribution is 0.0779. The molecule has 6 heteroatoms. The van der Waals surface area contributed by atoms with Gasteiger partial charge in [0.1, 0.15) is 29.7 Å². The van der Waals surface area contributed by atoms with Crippen molar-refractivity contribution in [3.8, 4) is 17.2 Å². The summed E-state index contributed by atoms with van der Waals surface area (Å²) in [5.41, 5.74) is 2.13. The number of para-hydroxylation sites is 1. The number of amides is 1. The van der Waals surface area contributed by atoms with Gasteiger partial charge in [-0.15, -0.1) is 0 Å². The van der Waals surface area contributed by atoms with Crippen molar-refractivity contribution in [2.24, 2.45) is 0 Å². The van der Waals surface area contributed by atoms with Crippen LogP contribution < -0.4 is 14.2 Å². The molecule has 3 rings (SSSR count). The molecular formula is C24H24FNO4. The monoisotopic (exact) mass is 409 g/mol. The number of carbonyl (C=O) groups is 1. The molecule has 0 saturated heterocycles. The highest BCUT2D eigenvalue weighted by Crippen LogP contribution is 2.27. The third-order valence-corrected chi connectivity index (χ3v) is 4.67. The van der Waals surface area contributed by atoms with Gasteiger partial charge in [-0.25, -0.2) is 4.39 Å². The summed E-state index contributed by atoms with van der Waals surface area (Å²) >= 11 is 0. The van der Waals surface area contributed by atoms with Crippen LogP contribution in [-0.2, 0) is 13.2 Å². The van der Waals surface area contributed by atoms with Crippen LogP contribution in [0, 0.1) is 5.82 Å². The fourth-order valence-electron chi connectivity index (χ4n) is 3.03. The van der Waals surface area contributed by atoms with Crippen molar-refractivity contribution in [3.05, 3.63) is 89.2 Å². The number of rotatable bonds is 8. The van der Waals surface area contributed by atoms with Gasteiger partial charge in [0.2, 0.25) is 0 Å². The quantitative estimate of drug-likeness (QED) is 0.541. The Labute approximate surface area is 175 Å². The third kappa shape index (κ3) is 5.08. The van der Waals surface area contributed by atoms with E-state index in [1.54, 1.807) is 62.6 Å². The number of halogens is 1. The van der Waals surface area contributed by atoms with Crippen LogP contribution in [0.4, 0.5) is 4.39 Å². The maximum absolute atomic E-state index is 13.1. The van der Waals surface area contributed by atoms with Gasteiger partial charge in [-0.1, -0.05) is 24.3 Å². The summed E-state index contributed by atoms with van der Waals surface area (Å²) in [5.74, 6) is 1.33. The predicted molar refractivity (Wildman–Crippen MR) is 113 cm³/mol. The van der Waals surface area contributed by atoms with Crippen LogP contribution in [0.25, 0.3) is 0 Å². The van der Waals surface area contributed by atoms with E-state index in [1.165, 1.54) is 12.1 Å². The molecule has 0 atom stereocenters. The molecule has 0 fully saturated rings. The molecule has 3 aromatic rings. The lowest BCUT2D eigenvalue weighted by atomic mass is 10.1. The van der Waals surface area contributed by atoms with Crippen LogP contribution in [0.15, 0.2) is 66.7 Å². The van der Waals surface area contributed by atoms with Gasteiger partial charge in [0.15, 0.2) is 0 Å². The van der Waals surface area contributed by atoms with Gasteiger partial charge in [0.25, 0.3) is 5.91 Å². The minimum atomic E-state index is -0.301. The summed E-state index contributed by atoms with van der Waals surface area (Å²) in [4.78, 5) is 14.7. The molecular weight excluding hydrogens is 385 g/mol. The highest BCUT2D eigenvalue weighted by molar-refractivity contribution is 5.96. The first-order valence-corrected chi connectivity index (χ1v) is 9.44. The number of carbonyl (C=O) groups excluding carboxylic acids is 1. The number of methoxy groups -OCH3 is 2. The van der Waals surface area contributed by atoms with Crippen LogP contribution in [0.2, 0.25) is 0 Å². The molecule has 3 aromatic carbocycles. The summed E-state index contributed by atoms with van der Waals surface area (Å²) in [6.07, 6.45) is 0. The lowest BCUT2D eigenvalue weighted by Gasteiger charge is -2.21. The van der Waals surface area contributed by atoms with Gasteiger partial charge in [0, 0.05) is 25.2 Å². The Kier molecular flexibility index (Phi) is 6.91. The van der Waals surface area contributed by atoms with E-state index in [-0.39, 0.29) is 18.3 Å². The fourth-order valence-corrected chi connectivity index (χ4v) is 3.03. The topological polar surface area (TPSA) is 48.0 Å². The third-order valence-electron chi connectivity index (χ3n) is 4.67. The van der Waals surface area contributed by atoms with Crippen LogP contribution >= 0.6 is 0 Å². The maximum atomic E-state index is 13.1. The minimum absolute atomic E-state index is 0.178. The van der Waals surface area contributed by atoms with Gasteiger partial charge in [-0.3, -0.25) is 4.79 Å². The van der Waals surface area contributed by atoms with Crippen molar-refractivity contribution in [3.63, 3.8) is 0 Å². The SMILES string of the molecule is COc1ccc(CN(C)C(=O)c2ccccc2OCc2ccc(F)cc2)c(OC)c1. The number of hydrogen-bond donors (Lipinski definition) is 0. The van der Waals surface area contributed by atoms with Crippen molar-refractivity contribution in [2.75, 3.05) is 21.3 Å². The standard InChI is InChI=1S/C24H24FNO4/c1-26(15-18-10-13-20(28-2)14-23(18)29-3)24(27)21-6-4-5-7-22(21)30-16-17-8-11-19(25)12-9-17/h4-14H,15-16H2,1-3H3. The minimum Gasteiger partial charge on any atom is -0.497 e. The lowest BCUT2D eigenvalue weighted by Crippen LogP contribution is -2.27. The fraction of sp³-hybridized carbons (Fsp3) is 0.208. The summed E-state index contributed by atoms with van der Waals surface area (Å²) < 4.78 is 29.6. The van der Waals surface area contributed by atoms with E-state index < -0.39 is 0 Å². The van der Waals surface area contributed by atoms with E-state index in [0.29, 0.717) is 29.4 Å². The van der Waals surface area contributed by atoms with E-state index in [1.807, 2.05) is 18.2 Å². The summed E-state index contributed by atoms with van der Waals surface area (Å²) in [7, 11) is 4.90. The first-order valence-electron chi connectivity index (χ1n) is 9.44. The first kappa shape index (κ1) is 21.2. The normalized spacial score (nSPS) is 10.4. The van der Waals surface area contributed by atoms with Crippen molar-refractivity contribution in [1.29, 1.82) is 0 Å². The second-order valence-electron chi connectivity index (χ2n) is 6.75. The van der Waals surface area contributed by atoms with Gasteiger partial charge in [-0.05, 0) is 42.0 Å². The molecule has 0 saturated carbocycles. The maximum Gasteiger partial charge on any atom is 0.257 e. The zero-order valence-corrected chi connectivity index (χ0v) is 17.2. The van der Waals surface area contributed by atoms with Crippen molar-refractivity contribution in [2.45, 2.75) is 13.2 Å². The van der Waals surface area contributed by atoms with Gasteiger partial charge < -0.3 is 19.1 Å². The molecule has 0 spiro atoms. The summed E-state index contributed by atoms with van der Waals surface area (Å²) in [6.45, 7) is 0.596. The first-order chi connectivity index (χ1) is 14.5. The summed E-state index contributed by atoms with van der Waals surface area (Å²) in [5, 5.41) is 0. The number of hydrogen-bond acceptors (Lipinski definition) is 4. The Balaban J connectivity index is 1.74. The zero-order valence-electron chi connectivity index (χ0n) is 17.2. The van der Waals surface area contributed by atoms with Crippen LogP contribution in [0.1, 0.15) is 21.5 Å². The molecule has 30 heavy (non-hydrogen) atoms. The number of nitrogens with zero attached hydrogens (tertiary/aromatic N) is 1. The Bertz CT molecular complexity index is 1000. The molecule has 0 heterocycles. The largest absolute Gasteiger partial charge is 0.497 e. The molecule has 1 amide bonds. The van der Waals surface area contributed by atoms with Crippen molar-refractivity contribution >= 4 is 5.91 Å². The van der Waals surface area contributed by atoms with E-state index in [2.05, 4.69) is 0 Å². The molecule has 0 aromatic heterocycles. The Hall–Kier alpha value is -3.54. The van der Waals surface area contributed by atoms with Gasteiger partial charge in [0.05, 0.1) is 19.8 Å². The number of ether oxygens (including phenoxy) is 3. The Morgan fingerprint density at radius 3 is 2.37 bits per heavy atom. The van der Waals surface area contributed by atoms with E-state index in [0.717, 1.165) is 11.1 Å². The molecule has 0 aliphatic carbocycles. The molecule has 0 unspecified atom stereocenters. The Morgan fingerprint density at radius 1 is 0.933 bits per heavy atom. The average molecular weight is 409 g/mol. The van der Waals surface area contributed by atoms with Crippen molar-refractivity contribution in [1.82, 2.24) is 4.90 Å². The second-order valence-corrected chi connectivity index (χ2v) is 6.75. The van der Waals surface area contributed by atoms with Crippen LogP contribution in [-0.4, -0.2) is 32.1 Å². The van der Waals surface area contributed by atoms with E-state index >= 15 is 0 Å². The predicted octanol–water partition coefficient (Wildman–Crippen LogP) is 4.69. The summed E-state index contributed by atoms with van der Waals surface area (Å²) in [6, 6.07) is 18.6.